The number of rotatable bonds is 5. The van der Waals surface area contributed by atoms with Crippen LogP contribution in [0.4, 0.5) is 5.69 Å². The van der Waals surface area contributed by atoms with Crippen LogP contribution >= 0.6 is 0 Å². The first-order valence-corrected chi connectivity index (χ1v) is 12.7. The second-order valence-corrected chi connectivity index (χ2v) is 9.91. The molecule has 5 rings (SSSR count). The number of nitrogens with zero attached hydrogens (tertiary/aromatic N) is 4. The molecule has 1 unspecified atom stereocenters. The van der Waals surface area contributed by atoms with Crippen molar-refractivity contribution in [2.45, 2.75) is 38.3 Å². The molecule has 2 N–H and O–H groups in total. The van der Waals surface area contributed by atoms with Crippen LogP contribution in [0.3, 0.4) is 0 Å². The van der Waals surface area contributed by atoms with Crippen molar-refractivity contribution in [2.24, 2.45) is 0 Å². The van der Waals surface area contributed by atoms with Gasteiger partial charge in [0.25, 0.3) is 5.91 Å². The summed E-state index contributed by atoms with van der Waals surface area (Å²) in [6, 6.07) is 16.1. The van der Waals surface area contributed by atoms with Crippen LogP contribution < -0.4 is 15.5 Å². The number of nitrogens with one attached hydrogen (secondary N) is 2. The number of pyridine rings is 1. The Balaban J connectivity index is 1.30. The van der Waals surface area contributed by atoms with Crippen molar-refractivity contribution < 1.29 is 9.59 Å². The van der Waals surface area contributed by atoms with Gasteiger partial charge in [0.05, 0.1) is 5.56 Å². The number of carbonyl (C=O) groups excluding carboxylic acids is 2. The SMILES string of the molecule is Cc1cccc(N2CCN(C(=O)C3(NC(=O)c4ccc(-n5cccc5)nc4)CCNCC3)CC2C)c1. The number of carbonyl (C=O) groups is 2. The van der Waals surface area contributed by atoms with Crippen molar-refractivity contribution in [3.63, 3.8) is 0 Å². The summed E-state index contributed by atoms with van der Waals surface area (Å²) in [6.07, 6.45) is 6.53. The van der Waals surface area contributed by atoms with E-state index >= 15 is 0 Å². The molecule has 2 aliphatic heterocycles. The Labute approximate surface area is 212 Å². The molecule has 188 valence electrons. The number of aryl methyl sites for hydroxylation is 1. The fourth-order valence-corrected chi connectivity index (χ4v) is 5.33. The molecule has 4 heterocycles. The van der Waals surface area contributed by atoms with E-state index in [4.69, 9.17) is 0 Å². The summed E-state index contributed by atoms with van der Waals surface area (Å²) >= 11 is 0. The van der Waals surface area contributed by atoms with Gasteiger partial charge in [0.2, 0.25) is 5.91 Å². The number of piperidine rings is 1. The summed E-state index contributed by atoms with van der Waals surface area (Å²) in [7, 11) is 0. The molecule has 0 spiro atoms. The molecule has 2 aromatic heterocycles. The van der Waals surface area contributed by atoms with Crippen LogP contribution in [0, 0.1) is 6.92 Å². The van der Waals surface area contributed by atoms with Gasteiger partial charge >= 0.3 is 0 Å². The summed E-state index contributed by atoms with van der Waals surface area (Å²) in [5, 5.41) is 6.47. The lowest BCUT2D eigenvalue weighted by Crippen LogP contribution is -2.66. The fourth-order valence-electron chi connectivity index (χ4n) is 5.33. The minimum absolute atomic E-state index is 0.0185. The van der Waals surface area contributed by atoms with Gasteiger partial charge in [-0.05, 0) is 81.7 Å². The third-order valence-electron chi connectivity index (χ3n) is 7.35. The summed E-state index contributed by atoms with van der Waals surface area (Å²) in [4.78, 5) is 36.0. The molecule has 2 amide bonds. The smallest absolute Gasteiger partial charge is 0.253 e. The lowest BCUT2D eigenvalue weighted by molar-refractivity contribution is -0.140. The molecule has 1 atom stereocenters. The highest BCUT2D eigenvalue weighted by molar-refractivity contribution is 5.99. The monoisotopic (exact) mass is 486 g/mol. The average Bonchev–Trinajstić information content (AvgIpc) is 3.44. The Morgan fingerprint density at radius 1 is 1.06 bits per heavy atom. The highest BCUT2D eigenvalue weighted by Crippen LogP contribution is 2.27. The number of piperazine rings is 1. The molecule has 0 saturated carbocycles. The maximum Gasteiger partial charge on any atom is 0.253 e. The van der Waals surface area contributed by atoms with Crippen LogP contribution in [-0.2, 0) is 4.79 Å². The molecule has 0 aliphatic carbocycles. The largest absolute Gasteiger partial charge is 0.365 e. The highest BCUT2D eigenvalue weighted by atomic mass is 16.2. The lowest BCUT2D eigenvalue weighted by atomic mass is 9.85. The van der Waals surface area contributed by atoms with Crippen LogP contribution in [0.1, 0.15) is 35.7 Å². The van der Waals surface area contributed by atoms with Crippen molar-refractivity contribution >= 4 is 17.5 Å². The predicted octanol–water partition coefficient (Wildman–Crippen LogP) is 2.77. The van der Waals surface area contributed by atoms with E-state index in [0.29, 0.717) is 44.6 Å². The number of amides is 2. The van der Waals surface area contributed by atoms with E-state index in [1.807, 2.05) is 40.1 Å². The third-order valence-corrected chi connectivity index (χ3v) is 7.35. The van der Waals surface area contributed by atoms with Crippen LogP contribution in [0.15, 0.2) is 67.1 Å². The minimum atomic E-state index is -0.910. The minimum Gasteiger partial charge on any atom is -0.365 e. The zero-order valence-corrected chi connectivity index (χ0v) is 21.0. The van der Waals surface area contributed by atoms with Crippen molar-refractivity contribution in [1.82, 2.24) is 25.1 Å². The van der Waals surface area contributed by atoms with Gasteiger partial charge in [-0.2, -0.15) is 0 Å². The highest BCUT2D eigenvalue weighted by Gasteiger charge is 2.44. The number of aromatic nitrogens is 2. The van der Waals surface area contributed by atoms with Gasteiger partial charge in [-0.15, -0.1) is 0 Å². The van der Waals surface area contributed by atoms with Gasteiger partial charge in [-0.25, -0.2) is 4.98 Å². The van der Waals surface area contributed by atoms with Gasteiger partial charge in [0.15, 0.2) is 0 Å². The third kappa shape index (κ3) is 4.86. The Kier molecular flexibility index (Phi) is 6.78. The van der Waals surface area contributed by atoms with Gasteiger partial charge in [0, 0.05) is 50.0 Å². The Bertz CT molecular complexity index is 1200. The molecule has 2 fully saturated rings. The standard InChI is InChI=1S/C28H34N6O2/c1-21-6-5-7-24(18-21)34-17-16-33(20-22(34)2)27(36)28(10-12-29-13-11-28)31-26(35)23-8-9-25(30-19-23)32-14-3-4-15-32/h3-9,14-15,18-19,22,29H,10-13,16-17,20H2,1-2H3,(H,31,35). The molecule has 8 heteroatoms. The Hall–Kier alpha value is -3.65. The van der Waals surface area contributed by atoms with Crippen molar-refractivity contribution in [2.75, 3.05) is 37.6 Å². The normalized spacial score (nSPS) is 19.7. The van der Waals surface area contributed by atoms with E-state index in [-0.39, 0.29) is 17.9 Å². The van der Waals surface area contributed by atoms with Crippen molar-refractivity contribution in [3.8, 4) is 5.82 Å². The summed E-state index contributed by atoms with van der Waals surface area (Å²) in [5.74, 6) is 0.498. The molecule has 1 aromatic carbocycles. The van der Waals surface area contributed by atoms with E-state index in [2.05, 4.69) is 58.6 Å². The lowest BCUT2D eigenvalue weighted by Gasteiger charge is -2.46. The maximum atomic E-state index is 13.9. The summed E-state index contributed by atoms with van der Waals surface area (Å²) < 4.78 is 1.89. The predicted molar refractivity (Wildman–Crippen MR) is 140 cm³/mol. The zero-order chi connectivity index (χ0) is 25.1. The molecule has 3 aromatic rings. The maximum absolute atomic E-state index is 13.9. The van der Waals surface area contributed by atoms with Crippen LogP contribution in [0.2, 0.25) is 0 Å². The average molecular weight is 487 g/mol. The molecule has 8 nitrogen and oxygen atoms in total. The molecule has 0 radical (unpaired) electrons. The summed E-state index contributed by atoms with van der Waals surface area (Å²) in [6.45, 7) is 7.67. The fraction of sp³-hybridized carbons (Fsp3) is 0.393. The number of hydrogen-bond acceptors (Lipinski definition) is 5. The zero-order valence-electron chi connectivity index (χ0n) is 21.0. The Morgan fingerprint density at radius 2 is 1.83 bits per heavy atom. The molecular weight excluding hydrogens is 452 g/mol. The topological polar surface area (TPSA) is 82.5 Å². The second kappa shape index (κ2) is 10.1. The number of benzene rings is 1. The number of anilines is 1. The van der Waals surface area contributed by atoms with Crippen LogP contribution in [-0.4, -0.2) is 70.6 Å². The van der Waals surface area contributed by atoms with E-state index in [1.54, 1.807) is 12.3 Å². The van der Waals surface area contributed by atoms with Gasteiger partial charge in [-0.1, -0.05) is 12.1 Å². The van der Waals surface area contributed by atoms with Crippen LogP contribution in [0.25, 0.3) is 5.82 Å². The molecule has 2 saturated heterocycles. The van der Waals surface area contributed by atoms with E-state index in [1.165, 1.54) is 11.3 Å². The Morgan fingerprint density at radius 3 is 2.50 bits per heavy atom. The first-order valence-electron chi connectivity index (χ1n) is 12.7. The first kappa shape index (κ1) is 24.1. The van der Waals surface area contributed by atoms with Crippen molar-refractivity contribution in [3.05, 3.63) is 78.2 Å². The quantitative estimate of drug-likeness (QED) is 0.580. The molecular formula is C28H34N6O2. The van der Waals surface area contributed by atoms with E-state index in [9.17, 15) is 9.59 Å². The van der Waals surface area contributed by atoms with E-state index < -0.39 is 5.54 Å². The molecule has 36 heavy (non-hydrogen) atoms. The van der Waals surface area contributed by atoms with Crippen molar-refractivity contribution in [1.29, 1.82) is 0 Å². The van der Waals surface area contributed by atoms with Gasteiger partial charge in [-0.3, -0.25) is 9.59 Å². The van der Waals surface area contributed by atoms with Crippen LogP contribution in [0.5, 0.6) is 0 Å². The van der Waals surface area contributed by atoms with E-state index in [0.717, 1.165) is 12.4 Å². The van der Waals surface area contributed by atoms with Gasteiger partial charge in [0.1, 0.15) is 11.4 Å². The molecule has 2 aliphatic rings. The second-order valence-electron chi connectivity index (χ2n) is 9.91. The summed E-state index contributed by atoms with van der Waals surface area (Å²) in [5.41, 5.74) is 1.96. The van der Waals surface area contributed by atoms with Gasteiger partial charge < -0.3 is 25.0 Å². The first-order chi connectivity index (χ1) is 17.4. The molecule has 0 bridgehead atoms. The number of hydrogen-bond donors (Lipinski definition) is 2.